The molecule has 122 valence electrons. The molecule has 0 radical (unpaired) electrons. The highest BCUT2D eigenvalue weighted by atomic mass is 32.3. The molecule has 0 amide bonds. The number of rotatable bonds is 3. The van der Waals surface area contributed by atoms with Gasteiger partial charge < -0.3 is 0 Å². The van der Waals surface area contributed by atoms with E-state index in [0.29, 0.717) is 4.90 Å². The van der Waals surface area contributed by atoms with Crippen LogP contribution in [0.5, 0.6) is 0 Å². The molecule has 1 aliphatic rings. The summed E-state index contributed by atoms with van der Waals surface area (Å²) < 4.78 is 51.8. The van der Waals surface area contributed by atoms with E-state index in [0.717, 1.165) is 23.1 Å². The summed E-state index contributed by atoms with van der Waals surface area (Å²) in [6.07, 6.45) is 1.95. The molecule has 8 heteroatoms. The zero-order valence-electron chi connectivity index (χ0n) is 12.6. The van der Waals surface area contributed by atoms with Crippen LogP contribution in [0.1, 0.15) is 12.5 Å². The van der Waals surface area contributed by atoms with E-state index in [1.54, 1.807) is 6.07 Å². The van der Waals surface area contributed by atoms with E-state index < -0.39 is 30.6 Å². The van der Waals surface area contributed by atoms with Crippen molar-refractivity contribution in [1.82, 2.24) is 0 Å². The molecule has 0 aromatic heterocycles. The Labute approximate surface area is 138 Å². The van der Waals surface area contributed by atoms with Gasteiger partial charge >= 0.3 is 0 Å². The van der Waals surface area contributed by atoms with Gasteiger partial charge in [0.05, 0.1) is 4.90 Å². The Kier molecular flexibility index (Phi) is 3.94. The first kappa shape index (κ1) is 16.4. The third kappa shape index (κ3) is 2.98. The number of sulfonamides is 1. The molecule has 0 N–H and O–H groups in total. The Bertz CT molecular complexity index is 1020. The van der Waals surface area contributed by atoms with Crippen LogP contribution in [-0.4, -0.2) is 23.1 Å². The molecule has 0 spiro atoms. The second-order valence-corrected chi connectivity index (χ2v) is 10.7. The highest BCUT2D eigenvalue weighted by molar-refractivity contribution is 8.03. The highest BCUT2D eigenvalue weighted by Gasteiger charge is 2.30. The Morgan fingerprint density at radius 2 is 1.74 bits per heavy atom. The van der Waals surface area contributed by atoms with Gasteiger partial charge in [0.1, 0.15) is 4.90 Å². The van der Waals surface area contributed by atoms with Crippen molar-refractivity contribution < 1.29 is 16.8 Å². The van der Waals surface area contributed by atoms with Gasteiger partial charge in [-0.1, -0.05) is 19.1 Å². The number of aryl methyl sites for hydroxylation is 1. The predicted molar refractivity (Wildman–Crippen MR) is 88.9 cm³/mol. The molecule has 0 saturated heterocycles. The van der Waals surface area contributed by atoms with Gasteiger partial charge in [-0.05, 0) is 53.0 Å². The number of hydrogen-bond donors (Lipinski definition) is 0. The molecule has 0 fully saturated rings. The highest BCUT2D eigenvalue weighted by Crippen LogP contribution is 2.35. The van der Waals surface area contributed by atoms with Gasteiger partial charge in [-0.3, -0.25) is 0 Å². The third-order valence-electron chi connectivity index (χ3n) is 3.56. The largest absolute Gasteiger partial charge is 0.289 e. The van der Waals surface area contributed by atoms with Crippen molar-refractivity contribution in [1.29, 1.82) is 0 Å². The molecular formula is C15H15NO4S3. The second-order valence-electron chi connectivity index (χ2n) is 5.21. The maximum Gasteiger partial charge on any atom is 0.289 e. The van der Waals surface area contributed by atoms with Crippen molar-refractivity contribution in [2.45, 2.75) is 32.9 Å². The molecule has 0 bridgehead atoms. The summed E-state index contributed by atoms with van der Waals surface area (Å²) in [5.41, 5.74) is 1.16. The van der Waals surface area contributed by atoms with Crippen LogP contribution in [0.15, 0.2) is 65.8 Å². The van der Waals surface area contributed by atoms with Crippen molar-refractivity contribution >= 4 is 30.6 Å². The van der Waals surface area contributed by atoms with Gasteiger partial charge in [0.15, 0.2) is 9.84 Å². The summed E-state index contributed by atoms with van der Waals surface area (Å²) >= 11 is 0. The molecule has 1 unspecified atom stereocenters. The second kappa shape index (κ2) is 5.54. The van der Waals surface area contributed by atoms with Crippen LogP contribution < -0.4 is 0 Å². The van der Waals surface area contributed by atoms with E-state index in [2.05, 4.69) is 3.77 Å². The summed E-state index contributed by atoms with van der Waals surface area (Å²) in [5, 5.41) is 0. The van der Waals surface area contributed by atoms with Crippen molar-refractivity contribution in [2.24, 2.45) is 3.77 Å². The number of sulfone groups is 1. The molecule has 23 heavy (non-hydrogen) atoms. The zero-order valence-corrected chi connectivity index (χ0v) is 15.0. The van der Waals surface area contributed by atoms with E-state index in [1.165, 1.54) is 12.1 Å². The first-order valence-corrected chi connectivity index (χ1v) is 11.4. The predicted octanol–water partition coefficient (Wildman–Crippen LogP) is 2.57. The number of hydrogen-bond acceptors (Lipinski definition) is 4. The molecule has 1 aliphatic heterocycles. The van der Waals surface area contributed by atoms with Crippen LogP contribution in [0.4, 0.5) is 0 Å². The van der Waals surface area contributed by atoms with E-state index in [1.807, 2.05) is 31.2 Å². The van der Waals surface area contributed by atoms with Crippen molar-refractivity contribution in [3.8, 4) is 0 Å². The molecule has 1 heterocycles. The normalized spacial score (nSPS) is 19.1. The first-order valence-electron chi connectivity index (χ1n) is 6.88. The molecular weight excluding hydrogens is 354 g/mol. The molecule has 0 aliphatic carbocycles. The average molecular weight is 369 g/mol. The third-order valence-corrected chi connectivity index (χ3v) is 8.56. The lowest BCUT2D eigenvalue weighted by molar-refractivity contribution is 0.597. The smallest absolute Gasteiger partial charge is 0.224 e. The summed E-state index contributed by atoms with van der Waals surface area (Å²) in [5.74, 6) is 0. The Balaban J connectivity index is 2.17. The lowest BCUT2D eigenvalue weighted by Gasteiger charge is -2.06. The topological polar surface area (TPSA) is 80.6 Å². The van der Waals surface area contributed by atoms with E-state index in [-0.39, 0.29) is 9.79 Å². The van der Waals surface area contributed by atoms with Crippen LogP contribution in [0, 0.1) is 0 Å². The van der Waals surface area contributed by atoms with Gasteiger partial charge in [0, 0.05) is 16.0 Å². The molecule has 0 saturated carbocycles. The zero-order chi connectivity index (χ0) is 16.8. The lowest BCUT2D eigenvalue weighted by Crippen LogP contribution is -2.01. The maximum atomic E-state index is 12.3. The Morgan fingerprint density at radius 1 is 1.09 bits per heavy atom. The molecule has 2 aromatic carbocycles. The quantitative estimate of drug-likeness (QED) is 0.833. The minimum absolute atomic E-state index is 0.0108. The Hall–Kier alpha value is -1.51. The van der Waals surface area contributed by atoms with Crippen molar-refractivity contribution in [2.75, 3.05) is 6.26 Å². The lowest BCUT2D eigenvalue weighted by atomic mass is 10.2. The molecule has 1 atom stereocenters. The average Bonchev–Trinajstić information content (AvgIpc) is 2.78. The van der Waals surface area contributed by atoms with Crippen molar-refractivity contribution in [3.05, 3.63) is 48.0 Å². The van der Waals surface area contributed by atoms with Gasteiger partial charge in [0.2, 0.25) is 0 Å². The summed E-state index contributed by atoms with van der Waals surface area (Å²) in [4.78, 5) is 1.32. The summed E-state index contributed by atoms with van der Waals surface area (Å²) in [6.45, 7) is 2.05. The standard InChI is InChI=1S/C15H15NO4S3/c1-3-11-4-6-12(7-5-11)21-14-9-8-13(22(2,17)18)10-15(14)23(19,20)16-21/h4-10H,3H2,1-2H3. The molecule has 2 aromatic rings. The van der Waals surface area contributed by atoms with Crippen LogP contribution in [0.2, 0.25) is 0 Å². The van der Waals surface area contributed by atoms with Gasteiger partial charge in [-0.25, -0.2) is 8.42 Å². The SMILES string of the molecule is CCc1ccc(S2=NS(=O)(=O)c3cc(S(C)(=O)=O)ccc32)cc1. The van der Waals surface area contributed by atoms with Gasteiger partial charge in [0.25, 0.3) is 10.0 Å². The van der Waals surface area contributed by atoms with E-state index >= 15 is 0 Å². The minimum Gasteiger partial charge on any atom is -0.224 e. The first-order chi connectivity index (χ1) is 10.7. The van der Waals surface area contributed by atoms with E-state index in [9.17, 15) is 16.8 Å². The van der Waals surface area contributed by atoms with Crippen LogP contribution in [-0.2, 0) is 37.0 Å². The number of nitrogens with zero attached hydrogens (tertiary/aromatic N) is 1. The Morgan fingerprint density at radius 3 is 2.30 bits per heavy atom. The number of benzene rings is 2. The molecule has 3 rings (SSSR count). The van der Waals surface area contributed by atoms with E-state index in [4.69, 9.17) is 0 Å². The molecule has 5 nitrogen and oxygen atoms in total. The minimum atomic E-state index is -3.83. The fourth-order valence-corrected chi connectivity index (χ4v) is 7.02. The summed E-state index contributed by atoms with van der Waals surface area (Å²) in [6, 6.07) is 11.8. The van der Waals surface area contributed by atoms with Crippen molar-refractivity contribution in [3.63, 3.8) is 0 Å². The fraction of sp³-hybridized carbons (Fsp3) is 0.200. The monoisotopic (exact) mass is 369 g/mol. The maximum absolute atomic E-state index is 12.3. The van der Waals surface area contributed by atoms with Gasteiger partial charge in [-0.15, -0.1) is 3.77 Å². The van der Waals surface area contributed by atoms with Crippen LogP contribution >= 0.6 is 0 Å². The fourth-order valence-electron chi connectivity index (χ4n) is 2.28. The van der Waals surface area contributed by atoms with Crippen LogP contribution in [0.3, 0.4) is 0 Å². The van der Waals surface area contributed by atoms with Crippen LogP contribution in [0.25, 0.3) is 0 Å². The number of fused-ring (bicyclic) bond motifs is 1. The summed E-state index contributed by atoms with van der Waals surface area (Å²) in [7, 11) is -8.24. The van der Waals surface area contributed by atoms with Gasteiger partial charge in [-0.2, -0.15) is 8.42 Å².